The minimum Gasteiger partial charge on any atom is -0.490 e. The van der Waals surface area contributed by atoms with Crippen LogP contribution in [-0.2, 0) is 6.54 Å². The molecule has 1 aromatic heterocycles. The Balaban J connectivity index is 1.48. The normalized spacial score (nSPS) is 21.0. The summed E-state index contributed by atoms with van der Waals surface area (Å²) >= 11 is 0. The summed E-state index contributed by atoms with van der Waals surface area (Å²) in [5.41, 5.74) is 5.00. The van der Waals surface area contributed by atoms with Gasteiger partial charge in [0.15, 0.2) is 11.5 Å². The molecule has 0 aliphatic carbocycles. The molecule has 1 N–H and O–H groups in total. The van der Waals surface area contributed by atoms with E-state index in [2.05, 4.69) is 24.3 Å². The number of nitrogens with one attached hydrogen (secondary N) is 1. The lowest BCUT2D eigenvalue weighted by atomic mass is 10.0. The van der Waals surface area contributed by atoms with Crippen LogP contribution < -0.4 is 20.0 Å². The van der Waals surface area contributed by atoms with Gasteiger partial charge in [0.05, 0.1) is 19.8 Å². The van der Waals surface area contributed by atoms with Gasteiger partial charge >= 0.3 is 5.63 Å². The topological polar surface area (TPSA) is 53.1 Å². The fraction of sp³-hybridized carbons (Fsp3) is 0.400. The van der Waals surface area contributed by atoms with Crippen molar-refractivity contribution in [3.63, 3.8) is 0 Å². The first kappa shape index (κ1) is 19.2. The molecule has 156 valence electrons. The van der Waals surface area contributed by atoms with Crippen LogP contribution in [0.4, 0.5) is 0 Å². The SMILES string of the molecule is Cc1ccc2c(C[NH+]3CCC[C@H]3c3ccc4c(c3)OCCCO4)cc(=O)oc2c1C. The number of hydrogen-bond acceptors (Lipinski definition) is 4. The third-order valence-corrected chi connectivity index (χ3v) is 6.59. The van der Waals surface area contributed by atoms with Crippen molar-refractivity contribution >= 4 is 11.0 Å². The van der Waals surface area contributed by atoms with E-state index < -0.39 is 0 Å². The predicted octanol–water partition coefficient (Wildman–Crippen LogP) is 3.49. The van der Waals surface area contributed by atoms with Gasteiger partial charge in [0.1, 0.15) is 18.2 Å². The average molecular weight is 407 g/mol. The van der Waals surface area contributed by atoms with Crippen LogP contribution in [0.2, 0.25) is 0 Å². The zero-order valence-corrected chi connectivity index (χ0v) is 17.6. The van der Waals surface area contributed by atoms with Crippen molar-refractivity contribution in [2.24, 2.45) is 0 Å². The largest absolute Gasteiger partial charge is 0.490 e. The second-order valence-corrected chi connectivity index (χ2v) is 8.51. The van der Waals surface area contributed by atoms with Crippen molar-refractivity contribution < 1.29 is 18.8 Å². The Labute approximate surface area is 176 Å². The maximum absolute atomic E-state index is 12.3. The van der Waals surface area contributed by atoms with Gasteiger partial charge in [-0.3, -0.25) is 0 Å². The number of likely N-dealkylation sites (tertiary alicyclic amines) is 1. The highest BCUT2D eigenvalue weighted by Crippen LogP contribution is 2.33. The first-order valence-corrected chi connectivity index (χ1v) is 10.9. The van der Waals surface area contributed by atoms with Gasteiger partial charge in [-0.15, -0.1) is 0 Å². The van der Waals surface area contributed by atoms with Crippen LogP contribution in [0.5, 0.6) is 11.5 Å². The number of hydrogen-bond donors (Lipinski definition) is 1. The number of benzene rings is 2. The van der Waals surface area contributed by atoms with Gasteiger partial charge in [0.2, 0.25) is 0 Å². The molecular weight excluding hydrogens is 378 g/mol. The van der Waals surface area contributed by atoms with Crippen LogP contribution in [-0.4, -0.2) is 19.8 Å². The van der Waals surface area contributed by atoms with Crippen molar-refractivity contribution in [3.05, 3.63) is 69.1 Å². The fourth-order valence-corrected chi connectivity index (χ4v) is 4.84. The smallest absolute Gasteiger partial charge is 0.336 e. The number of aryl methyl sites for hydroxylation is 2. The maximum atomic E-state index is 12.3. The van der Waals surface area contributed by atoms with Crippen LogP contribution in [0.1, 0.15) is 47.6 Å². The van der Waals surface area contributed by atoms with E-state index in [-0.39, 0.29) is 5.63 Å². The van der Waals surface area contributed by atoms with Gasteiger partial charge in [-0.1, -0.05) is 12.1 Å². The van der Waals surface area contributed by atoms with E-state index in [1.54, 1.807) is 6.07 Å². The Morgan fingerprint density at radius 2 is 1.83 bits per heavy atom. The first-order chi connectivity index (χ1) is 14.6. The summed E-state index contributed by atoms with van der Waals surface area (Å²) in [4.78, 5) is 13.8. The Bertz CT molecular complexity index is 1150. The highest BCUT2D eigenvalue weighted by Gasteiger charge is 2.31. The average Bonchev–Trinajstić information content (AvgIpc) is 3.06. The van der Waals surface area contributed by atoms with Gasteiger partial charge < -0.3 is 18.8 Å². The molecule has 2 aliphatic heterocycles. The summed E-state index contributed by atoms with van der Waals surface area (Å²) in [5.74, 6) is 1.70. The summed E-state index contributed by atoms with van der Waals surface area (Å²) in [6.07, 6.45) is 3.21. The van der Waals surface area contributed by atoms with E-state index in [9.17, 15) is 4.79 Å². The van der Waals surface area contributed by atoms with Crippen LogP contribution in [0.25, 0.3) is 11.0 Å². The molecule has 3 heterocycles. The molecule has 0 saturated carbocycles. The van der Waals surface area contributed by atoms with E-state index >= 15 is 0 Å². The third kappa shape index (κ3) is 3.47. The molecule has 2 aromatic carbocycles. The van der Waals surface area contributed by atoms with E-state index in [0.29, 0.717) is 19.3 Å². The lowest BCUT2D eigenvalue weighted by molar-refractivity contribution is -0.931. The van der Waals surface area contributed by atoms with Crippen LogP contribution in [0, 0.1) is 13.8 Å². The predicted molar refractivity (Wildman–Crippen MR) is 116 cm³/mol. The van der Waals surface area contributed by atoms with Crippen molar-refractivity contribution in [2.75, 3.05) is 19.8 Å². The molecule has 2 atom stereocenters. The Morgan fingerprint density at radius 3 is 2.70 bits per heavy atom. The second kappa shape index (κ2) is 7.80. The number of quaternary nitrogens is 1. The second-order valence-electron chi connectivity index (χ2n) is 8.51. The van der Waals surface area contributed by atoms with Gasteiger partial charge in [-0.05, 0) is 43.2 Å². The van der Waals surface area contributed by atoms with Gasteiger partial charge in [-0.25, -0.2) is 4.79 Å². The minimum absolute atomic E-state index is 0.267. The van der Waals surface area contributed by atoms with Gasteiger partial charge in [0, 0.05) is 41.8 Å². The molecule has 0 bridgehead atoms. The number of fused-ring (bicyclic) bond motifs is 2. The molecule has 0 spiro atoms. The summed E-state index contributed by atoms with van der Waals surface area (Å²) < 4.78 is 17.3. The highest BCUT2D eigenvalue weighted by atomic mass is 16.5. The van der Waals surface area contributed by atoms with E-state index in [4.69, 9.17) is 13.9 Å². The molecule has 1 fully saturated rings. The van der Waals surface area contributed by atoms with Crippen LogP contribution >= 0.6 is 0 Å². The zero-order valence-electron chi connectivity index (χ0n) is 17.6. The fourth-order valence-electron chi connectivity index (χ4n) is 4.84. The number of rotatable bonds is 3. The molecule has 5 heteroatoms. The molecule has 1 unspecified atom stereocenters. The minimum atomic E-state index is -0.267. The summed E-state index contributed by atoms with van der Waals surface area (Å²) in [5, 5.41) is 1.05. The molecule has 5 nitrogen and oxygen atoms in total. The molecule has 0 radical (unpaired) electrons. The molecule has 1 saturated heterocycles. The first-order valence-electron chi connectivity index (χ1n) is 10.9. The lowest BCUT2D eigenvalue weighted by Gasteiger charge is -2.23. The summed E-state index contributed by atoms with van der Waals surface area (Å²) in [6.45, 7) is 7.37. The molecule has 5 rings (SSSR count). The maximum Gasteiger partial charge on any atom is 0.336 e. The third-order valence-electron chi connectivity index (χ3n) is 6.59. The summed E-state index contributed by atoms with van der Waals surface area (Å²) in [7, 11) is 0. The van der Waals surface area contributed by atoms with Crippen LogP contribution in [0.15, 0.2) is 45.6 Å². The van der Waals surface area contributed by atoms with Crippen LogP contribution in [0.3, 0.4) is 0 Å². The van der Waals surface area contributed by atoms with Crippen molar-refractivity contribution in [1.29, 1.82) is 0 Å². The van der Waals surface area contributed by atoms with Crippen molar-refractivity contribution in [1.82, 2.24) is 0 Å². The molecular formula is C25H28NO4+. The van der Waals surface area contributed by atoms with Gasteiger partial charge in [0.25, 0.3) is 0 Å². The Kier molecular flexibility index (Phi) is 4.99. The quantitative estimate of drug-likeness (QED) is 0.677. The highest BCUT2D eigenvalue weighted by molar-refractivity contribution is 5.83. The lowest BCUT2D eigenvalue weighted by Crippen LogP contribution is -3.08. The molecule has 30 heavy (non-hydrogen) atoms. The van der Waals surface area contributed by atoms with Crippen molar-refractivity contribution in [2.45, 2.75) is 45.7 Å². The standard InChI is InChI=1S/C25H27NO4/c1-16-6-8-20-19(14-24(27)30-25(20)17(16)2)15-26-10-3-5-21(26)18-7-9-22-23(13-18)29-12-4-11-28-22/h6-9,13-14,21H,3-5,10-12,15H2,1-2H3/p+1/t21-/m0/s1. The van der Waals surface area contributed by atoms with Crippen molar-refractivity contribution in [3.8, 4) is 11.5 Å². The number of ether oxygens (including phenoxy) is 2. The monoisotopic (exact) mass is 406 g/mol. The molecule has 3 aromatic rings. The van der Waals surface area contributed by atoms with E-state index in [0.717, 1.165) is 65.1 Å². The Hall–Kier alpha value is -2.79. The summed E-state index contributed by atoms with van der Waals surface area (Å²) in [6, 6.07) is 12.6. The zero-order chi connectivity index (χ0) is 20.7. The molecule has 2 aliphatic rings. The molecule has 0 amide bonds. The van der Waals surface area contributed by atoms with E-state index in [1.807, 2.05) is 19.9 Å². The van der Waals surface area contributed by atoms with Gasteiger partial charge in [-0.2, -0.15) is 0 Å². The Morgan fingerprint density at radius 1 is 1.00 bits per heavy atom. The van der Waals surface area contributed by atoms with E-state index in [1.165, 1.54) is 16.9 Å².